The summed E-state index contributed by atoms with van der Waals surface area (Å²) in [6.07, 6.45) is 9.07. The molecule has 1 aliphatic heterocycles. The molecule has 0 bridgehead atoms. The van der Waals surface area contributed by atoms with Crippen molar-refractivity contribution in [2.45, 2.75) is 25.6 Å². The van der Waals surface area contributed by atoms with Crippen LogP contribution in [0.3, 0.4) is 0 Å². The smallest absolute Gasteiger partial charge is 0.253 e. The molecule has 0 spiro atoms. The van der Waals surface area contributed by atoms with E-state index in [0.29, 0.717) is 25.3 Å². The second-order valence-electron chi connectivity index (χ2n) is 6.66. The predicted molar refractivity (Wildman–Crippen MR) is 102 cm³/mol. The summed E-state index contributed by atoms with van der Waals surface area (Å²) in [6, 6.07) is 13.4. The Balaban J connectivity index is 1.33. The van der Waals surface area contributed by atoms with Crippen molar-refractivity contribution < 1.29 is 9.53 Å². The van der Waals surface area contributed by atoms with Crippen molar-refractivity contribution in [3.05, 3.63) is 78.4 Å². The highest BCUT2D eigenvalue weighted by molar-refractivity contribution is 5.94. The Morgan fingerprint density at radius 2 is 2.00 bits per heavy atom. The molecule has 0 N–H and O–H groups in total. The first kappa shape index (κ1) is 17.4. The maximum atomic E-state index is 12.9. The molecule has 0 unspecified atom stereocenters. The van der Waals surface area contributed by atoms with Crippen molar-refractivity contribution in [3.8, 4) is 5.69 Å². The first-order valence-corrected chi connectivity index (χ1v) is 9.19. The molecule has 6 heteroatoms. The second kappa shape index (κ2) is 8.14. The van der Waals surface area contributed by atoms with E-state index in [4.69, 9.17) is 4.74 Å². The summed E-state index contributed by atoms with van der Waals surface area (Å²) >= 11 is 0. The van der Waals surface area contributed by atoms with Gasteiger partial charge in [-0.25, -0.2) is 4.68 Å². The standard InChI is InChI=1S/C21H22N4O2/c26-21(18-5-1-6-19(14-18)25-11-3-10-23-25)24-12-7-20(8-13-24)27-16-17-4-2-9-22-15-17/h1-6,9-11,14-15,20H,7-8,12-13,16H2. The molecule has 3 aromatic rings. The fraction of sp³-hybridized carbons (Fsp3) is 0.286. The van der Waals surface area contributed by atoms with Gasteiger partial charge in [-0.3, -0.25) is 9.78 Å². The van der Waals surface area contributed by atoms with Crippen LogP contribution in [0.4, 0.5) is 0 Å². The summed E-state index contributed by atoms with van der Waals surface area (Å²) in [5, 5.41) is 4.23. The third kappa shape index (κ3) is 4.23. The molecule has 2 aromatic heterocycles. The Bertz CT molecular complexity index is 872. The van der Waals surface area contributed by atoms with E-state index in [9.17, 15) is 4.79 Å². The molecule has 1 fully saturated rings. The molecule has 0 atom stereocenters. The minimum Gasteiger partial charge on any atom is -0.373 e. The first-order chi connectivity index (χ1) is 13.3. The molecule has 0 saturated carbocycles. The average Bonchev–Trinajstić information content (AvgIpc) is 3.28. The number of pyridine rings is 1. The Morgan fingerprint density at radius 1 is 1.11 bits per heavy atom. The van der Waals surface area contributed by atoms with Crippen LogP contribution in [-0.2, 0) is 11.3 Å². The number of likely N-dealkylation sites (tertiary alicyclic amines) is 1. The normalized spacial score (nSPS) is 15.0. The number of carbonyl (C=O) groups is 1. The quantitative estimate of drug-likeness (QED) is 0.700. The number of ether oxygens (including phenoxy) is 1. The maximum absolute atomic E-state index is 12.9. The molecule has 4 rings (SSSR count). The highest BCUT2D eigenvalue weighted by Gasteiger charge is 2.24. The van der Waals surface area contributed by atoms with Gasteiger partial charge < -0.3 is 9.64 Å². The predicted octanol–water partition coefficient (Wildman–Crippen LogP) is 3.09. The topological polar surface area (TPSA) is 60.2 Å². The summed E-state index contributed by atoms with van der Waals surface area (Å²) in [5.41, 5.74) is 2.66. The van der Waals surface area contributed by atoms with Crippen molar-refractivity contribution in [2.24, 2.45) is 0 Å². The Morgan fingerprint density at radius 3 is 2.74 bits per heavy atom. The third-order valence-electron chi connectivity index (χ3n) is 4.80. The van der Waals surface area contributed by atoms with Gasteiger partial charge in [-0.05, 0) is 48.7 Å². The number of carbonyl (C=O) groups excluding carboxylic acids is 1. The fourth-order valence-corrected chi connectivity index (χ4v) is 3.31. The van der Waals surface area contributed by atoms with E-state index in [0.717, 1.165) is 24.1 Å². The van der Waals surface area contributed by atoms with Gasteiger partial charge >= 0.3 is 0 Å². The van der Waals surface area contributed by atoms with Crippen LogP contribution in [0.5, 0.6) is 0 Å². The van der Waals surface area contributed by atoms with Gasteiger partial charge in [0.1, 0.15) is 0 Å². The highest BCUT2D eigenvalue weighted by Crippen LogP contribution is 2.19. The van der Waals surface area contributed by atoms with Crippen LogP contribution in [0.1, 0.15) is 28.8 Å². The number of amides is 1. The molecule has 1 amide bonds. The number of piperidine rings is 1. The zero-order valence-electron chi connectivity index (χ0n) is 15.1. The largest absolute Gasteiger partial charge is 0.373 e. The lowest BCUT2D eigenvalue weighted by Crippen LogP contribution is -2.40. The number of rotatable bonds is 5. The molecule has 27 heavy (non-hydrogen) atoms. The van der Waals surface area contributed by atoms with Crippen molar-refractivity contribution in [1.82, 2.24) is 19.7 Å². The van der Waals surface area contributed by atoms with Crippen LogP contribution in [-0.4, -0.2) is 44.8 Å². The lowest BCUT2D eigenvalue weighted by Gasteiger charge is -2.32. The van der Waals surface area contributed by atoms with Crippen LogP contribution in [0.2, 0.25) is 0 Å². The van der Waals surface area contributed by atoms with E-state index < -0.39 is 0 Å². The molecule has 1 saturated heterocycles. The van der Waals surface area contributed by atoms with Gasteiger partial charge in [0.15, 0.2) is 0 Å². The Hall–Kier alpha value is -2.99. The monoisotopic (exact) mass is 362 g/mol. The van der Waals surface area contributed by atoms with Crippen molar-refractivity contribution in [2.75, 3.05) is 13.1 Å². The summed E-state index contributed by atoms with van der Waals surface area (Å²) in [7, 11) is 0. The lowest BCUT2D eigenvalue weighted by atomic mass is 10.1. The molecule has 1 aliphatic rings. The number of nitrogens with zero attached hydrogens (tertiary/aromatic N) is 4. The van der Waals surface area contributed by atoms with Gasteiger partial charge in [0, 0.05) is 43.4 Å². The van der Waals surface area contributed by atoms with Crippen molar-refractivity contribution in [1.29, 1.82) is 0 Å². The number of benzene rings is 1. The molecule has 3 heterocycles. The molecule has 0 aliphatic carbocycles. The molecular weight excluding hydrogens is 340 g/mol. The first-order valence-electron chi connectivity index (χ1n) is 9.19. The van der Waals surface area contributed by atoms with E-state index in [1.165, 1.54) is 0 Å². The van der Waals surface area contributed by atoms with Gasteiger partial charge in [0.2, 0.25) is 0 Å². The van der Waals surface area contributed by atoms with Gasteiger partial charge in [0.25, 0.3) is 5.91 Å². The van der Waals surface area contributed by atoms with Crippen molar-refractivity contribution in [3.63, 3.8) is 0 Å². The fourth-order valence-electron chi connectivity index (χ4n) is 3.31. The molecule has 6 nitrogen and oxygen atoms in total. The highest BCUT2D eigenvalue weighted by atomic mass is 16.5. The van der Waals surface area contributed by atoms with Gasteiger partial charge in [-0.1, -0.05) is 12.1 Å². The average molecular weight is 362 g/mol. The van der Waals surface area contributed by atoms with E-state index in [1.54, 1.807) is 17.1 Å². The summed E-state index contributed by atoms with van der Waals surface area (Å²) < 4.78 is 7.74. The van der Waals surface area contributed by atoms with E-state index in [-0.39, 0.29) is 12.0 Å². The SMILES string of the molecule is O=C(c1cccc(-n2cccn2)c1)N1CCC(OCc2cccnc2)CC1. The minimum absolute atomic E-state index is 0.0646. The summed E-state index contributed by atoms with van der Waals surface area (Å²) in [4.78, 5) is 18.9. The van der Waals surface area contributed by atoms with E-state index in [2.05, 4.69) is 10.1 Å². The van der Waals surface area contributed by atoms with Crippen molar-refractivity contribution >= 4 is 5.91 Å². The van der Waals surface area contributed by atoms with Crippen LogP contribution in [0.15, 0.2) is 67.3 Å². The summed E-state index contributed by atoms with van der Waals surface area (Å²) in [6.45, 7) is 1.99. The van der Waals surface area contributed by atoms with Crippen LogP contribution < -0.4 is 0 Å². The van der Waals surface area contributed by atoms with Crippen LogP contribution in [0.25, 0.3) is 5.69 Å². The number of aromatic nitrogens is 3. The Labute approximate surface area is 158 Å². The Kier molecular flexibility index (Phi) is 5.25. The zero-order valence-corrected chi connectivity index (χ0v) is 15.1. The number of hydrogen-bond acceptors (Lipinski definition) is 4. The van der Waals surface area contributed by atoms with E-state index >= 15 is 0 Å². The molecule has 0 radical (unpaired) electrons. The van der Waals surface area contributed by atoms with Gasteiger partial charge in [-0.2, -0.15) is 5.10 Å². The summed E-state index contributed by atoms with van der Waals surface area (Å²) in [5.74, 6) is 0.0646. The van der Waals surface area contributed by atoms with Gasteiger partial charge in [-0.15, -0.1) is 0 Å². The second-order valence-corrected chi connectivity index (χ2v) is 6.66. The molecular formula is C21H22N4O2. The minimum atomic E-state index is 0.0646. The van der Waals surface area contributed by atoms with Gasteiger partial charge in [0.05, 0.1) is 18.4 Å². The van der Waals surface area contributed by atoms with Crippen LogP contribution >= 0.6 is 0 Å². The lowest BCUT2D eigenvalue weighted by molar-refractivity contribution is -0.000469. The third-order valence-corrected chi connectivity index (χ3v) is 4.80. The molecule has 1 aromatic carbocycles. The number of hydrogen-bond donors (Lipinski definition) is 0. The molecule has 138 valence electrons. The maximum Gasteiger partial charge on any atom is 0.253 e. The van der Waals surface area contributed by atoms with Crippen LogP contribution in [0, 0.1) is 0 Å². The zero-order chi connectivity index (χ0) is 18.5. The van der Waals surface area contributed by atoms with E-state index in [1.807, 2.05) is 59.8 Å².